The largest absolute Gasteiger partial charge is 0.493 e. The summed E-state index contributed by atoms with van der Waals surface area (Å²) in [6.07, 6.45) is 0. The maximum Gasteiger partial charge on any atom is 0.255 e. The zero-order chi connectivity index (χ0) is 17.5. The molecule has 1 N–H and O–H groups in total. The van der Waals surface area contributed by atoms with Crippen molar-refractivity contribution in [1.29, 1.82) is 0 Å². The Bertz CT molecular complexity index is 685. The zero-order valence-corrected chi connectivity index (χ0v) is 14.5. The molecule has 2 aromatic rings. The Morgan fingerprint density at radius 1 is 0.958 bits per heavy atom. The molecular formula is C19H23NO4. The van der Waals surface area contributed by atoms with E-state index in [-0.39, 0.29) is 11.8 Å². The predicted octanol–water partition coefficient (Wildman–Crippen LogP) is 3.25. The van der Waals surface area contributed by atoms with Gasteiger partial charge in [0.1, 0.15) is 0 Å². The molecule has 0 heterocycles. The summed E-state index contributed by atoms with van der Waals surface area (Å²) in [6.45, 7) is 2.60. The number of hydrogen-bond acceptors (Lipinski definition) is 4. The van der Waals surface area contributed by atoms with Crippen molar-refractivity contribution >= 4 is 5.91 Å². The van der Waals surface area contributed by atoms with Gasteiger partial charge in [0.05, 0.1) is 26.9 Å². The molecule has 0 saturated carbocycles. The van der Waals surface area contributed by atoms with Crippen LogP contribution in [0.5, 0.6) is 17.2 Å². The highest BCUT2D eigenvalue weighted by Gasteiger charge is 2.20. The second kappa shape index (κ2) is 8.24. The van der Waals surface area contributed by atoms with E-state index in [4.69, 9.17) is 14.2 Å². The van der Waals surface area contributed by atoms with Crippen LogP contribution >= 0.6 is 0 Å². The van der Waals surface area contributed by atoms with Crippen LogP contribution in [-0.2, 0) is 0 Å². The number of carbonyl (C=O) groups is 1. The van der Waals surface area contributed by atoms with Crippen LogP contribution in [0, 0.1) is 0 Å². The van der Waals surface area contributed by atoms with Gasteiger partial charge < -0.3 is 19.5 Å². The minimum Gasteiger partial charge on any atom is -0.493 e. The lowest BCUT2D eigenvalue weighted by molar-refractivity contribution is 0.0948. The average Bonchev–Trinajstić information content (AvgIpc) is 2.64. The Labute approximate surface area is 142 Å². The number of ether oxygens (including phenoxy) is 3. The standard InChI is InChI=1S/C19H23NO4/c1-13(14-8-6-5-7-9-14)12-20-19(21)15-10-11-16(22-2)18(24-4)17(15)23-3/h5-11,13H,12H2,1-4H3,(H,20,21)/t13-/m1/s1. The van der Waals surface area contributed by atoms with Crippen molar-refractivity contribution in [1.82, 2.24) is 5.32 Å². The van der Waals surface area contributed by atoms with Gasteiger partial charge in [-0.3, -0.25) is 4.79 Å². The molecule has 0 aliphatic heterocycles. The molecule has 0 aliphatic carbocycles. The molecule has 5 heteroatoms. The molecular weight excluding hydrogens is 306 g/mol. The van der Waals surface area contributed by atoms with E-state index < -0.39 is 0 Å². The Kier molecular flexibility index (Phi) is 6.07. The highest BCUT2D eigenvalue weighted by atomic mass is 16.5. The number of methoxy groups -OCH3 is 3. The SMILES string of the molecule is COc1ccc(C(=O)NC[C@@H](C)c2ccccc2)c(OC)c1OC. The topological polar surface area (TPSA) is 56.8 Å². The number of nitrogens with one attached hydrogen (secondary N) is 1. The van der Waals surface area contributed by atoms with E-state index in [1.165, 1.54) is 19.8 Å². The summed E-state index contributed by atoms with van der Waals surface area (Å²) in [5, 5.41) is 2.95. The van der Waals surface area contributed by atoms with Gasteiger partial charge in [0, 0.05) is 6.54 Å². The van der Waals surface area contributed by atoms with Crippen LogP contribution in [0.25, 0.3) is 0 Å². The fraction of sp³-hybridized carbons (Fsp3) is 0.316. The molecule has 24 heavy (non-hydrogen) atoms. The minimum atomic E-state index is -0.212. The molecule has 0 fully saturated rings. The number of rotatable bonds is 7. The van der Waals surface area contributed by atoms with E-state index in [1.54, 1.807) is 19.2 Å². The van der Waals surface area contributed by atoms with Gasteiger partial charge in [0.25, 0.3) is 5.91 Å². The van der Waals surface area contributed by atoms with Gasteiger partial charge in [-0.15, -0.1) is 0 Å². The molecule has 2 rings (SSSR count). The summed E-state index contributed by atoms with van der Waals surface area (Å²) in [5.74, 6) is 1.28. The Morgan fingerprint density at radius 2 is 1.62 bits per heavy atom. The molecule has 0 aliphatic rings. The number of carbonyl (C=O) groups excluding carboxylic acids is 1. The van der Waals surface area contributed by atoms with Gasteiger partial charge in [-0.25, -0.2) is 0 Å². The van der Waals surface area contributed by atoms with Crippen molar-refractivity contribution in [2.24, 2.45) is 0 Å². The first-order chi connectivity index (χ1) is 11.6. The van der Waals surface area contributed by atoms with Crippen LogP contribution in [0.4, 0.5) is 0 Å². The lowest BCUT2D eigenvalue weighted by Crippen LogP contribution is -2.28. The quantitative estimate of drug-likeness (QED) is 0.847. The maximum atomic E-state index is 12.5. The summed E-state index contributed by atoms with van der Waals surface area (Å²) in [5.41, 5.74) is 1.59. The molecule has 0 radical (unpaired) electrons. The van der Waals surface area contributed by atoms with Gasteiger partial charge in [-0.05, 0) is 23.6 Å². The molecule has 0 saturated heterocycles. The first-order valence-corrected chi connectivity index (χ1v) is 7.74. The van der Waals surface area contributed by atoms with Gasteiger partial charge in [-0.1, -0.05) is 37.3 Å². The fourth-order valence-corrected chi connectivity index (χ4v) is 2.52. The molecule has 0 spiro atoms. The van der Waals surface area contributed by atoms with E-state index in [9.17, 15) is 4.79 Å². The van der Waals surface area contributed by atoms with E-state index >= 15 is 0 Å². The van der Waals surface area contributed by atoms with Crippen molar-refractivity contribution in [3.05, 3.63) is 53.6 Å². The zero-order valence-electron chi connectivity index (χ0n) is 14.5. The molecule has 1 amide bonds. The first kappa shape index (κ1) is 17.7. The summed E-state index contributed by atoms with van der Waals surface area (Å²) >= 11 is 0. The summed E-state index contributed by atoms with van der Waals surface area (Å²) in [4.78, 5) is 12.5. The average molecular weight is 329 g/mol. The van der Waals surface area contributed by atoms with Gasteiger partial charge >= 0.3 is 0 Å². The number of benzene rings is 2. The van der Waals surface area contributed by atoms with Gasteiger partial charge in [-0.2, -0.15) is 0 Å². The second-order valence-corrected chi connectivity index (χ2v) is 5.40. The molecule has 2 aromatic carbocycles. The van der Waals surface area contributed by atoms with Crippen molar-refractivity contribution in [3.63, 3.8) is 0 Å². The minimum absolute atomic E-state index is 0.210. The third-order valence-corrected chi connectivity index (χ3v) is 3.89. The Morgan fingerprint density at radius 3 is 2.21 bits per heavy atom. The summed E-state index contributed by atoms with van der Waals surface area (Å²) < 4.78 is 15.9. The van der Waals surface area contributed by atoms with E-state index in [0.29, 0.717) is 29.4 Å². The Balaban J connectivity index is 2.15. The molecule has 1 atom stereocenters. The highest BCUT2D eigenvalue weighted by molar-refractivity contribution is 5.98. The Hall–Kier alpha value is -2.69. The van der Waals surface area contributed by atoms with Crippen LogP contribution in [0.3, 0.4) is 0 Å². The predicted molar refractivity (Wildman–Crippen MR) is 93.3 cm³/mol. The third-order valence-electron chi connectivity index (χ3n) is 3.89. The molecule has 0 unspecified atom stereocenters. The highest BCUT2D eigenvalue weighted by Crippen LogP contribution is 2.39. The van der Waals surface area contributed by atoms with Crippen LogP contribution < -0.4 is 19.5 Å². The van der Waals surface area contributed by atoms with Crippen molar-refractivity contribution < 1.29 is 19.0 Å². The molecule has 0 bridgehead atoms. The molecule has 0 aromatic heterocycles. The van der Waals surface area contributed by atoms with Crippen LogP contribution in [-0.4, -0.2) is 33.8 Å². The van der Waals surface area contributed by atoms with Crippen LogP contribution in [0.2, 0.25) is 0 Å². The second-order valence-electron chi connectivity index (χ2n) is 5.40. The maximum absolute atomic E-state index is 12.5. The monoisotopic (exact) mass is 329 g/mol. The lowest BCUT2D eigenvalue weighted by Gasteiger charge is -2.17. The smallest absolute Gasteiger partial charge is 0.255 e. The van der Waals surface area contributed by atoms with E-state index in [2.05, 4.69) is 12.2 Å². The third kappa shape index (κ3) is 3.79. The van der Waals surface area contributed by atoms with Gasteiger partial charge in [0.15, 0.2) is 11.5 Å². The summed E-state index contributed by atoms with van der Waals surface area (Å²) in [7, 11) is 4.55. The van der Waals surface area contributed by atoms with Crippen LogP contribution in [0.1, 0.15) is 28.8 Å². The first-order valence-electron chi connectivity index (χ1n) is 7.74. The number of amides is 1. The van der Waals surface area contributed by atoms with Crippen LogP contribution in [0.15, 0.2) is 42.5 Å². The van der Waals surface area contributed by atoms with Crippen molar-refractivity contribution in [2.75, 3.05) is 27.9 Å². The van der Waals surface area contributed by atoms with Gasteiger partial charge in [0.2, 0.25) is 5.75 Å². The van der Waals surface area contributed by atoms with Crippen molar-refractivity contribution in [3.8, 4) is 17.2 Å². The normalized spacial score (nSPS) is 11.5. The molecule has 128 valence electrons. The van der Waals surface area contributed by atoms with E-state index in [0.717, 1.165) is 0 Å². The lowest BCUT2D eigenvalue weighted by atomic mass is 10.0. The van der Waals surface area contributed by atoms with Crippen molar-refractivity contribution in [2.45, 2.75) is 12.8 Å². The fourth-order valence-electron chi connectivity index (χ4n) is 2.52. The summed E-state index contributed by atoms with van der Waals surface area (Å²) in [6, 6.07) is 13.4. The van der Waals surface area contributed by atoms with E-state index in [1.807, 2.05) is 30.3 Å². The molecule has 5 nitrogen and oxygen atoms in total. The number of hydrogen-bond donors (Lipinski definition) is 1.